The number of rotatable bonds is 9. The number of nitriles is 1. The van der Waals surface area contributed by atoms with Crippen LogP contribution in [-0.4, -0.2) is 22.8 Å². The second kappa shape index (κ2) is 9.20. The molecule has 1 heterocycles. The standard InChI is InChI=1S/C18H20NO5PS/c1-3-23-25(21,24-4-2)18(14-19,13-15-9-6-5-7-10-15)26-17(20)16-11-8-12-22-16/h5-12H,3-4,13H2,1-2H3/t18-/m1/s1. The molecule has 0 aliphatic heterocycles. The first-order valence-electron chi connectivity index (χ1n) is 8.11. The molecule has 8 heteroatoms. The second-order valence-corrected chi connectivity index (χ2v) is 9.11. The van der Waals surface area contributed by atoms with E-state index in [0.29, 0.717) is 11.8 Å². The molecule has 0 bridgehead atoms. The average molecular weight is 393 g/mol. The Labute approximate surface area is 157 Å². The summed E-state index contributed by atoms with van der Waals surface area (Å²) in [6.45, 7) is 3.50. The van der Waals surface area contributed by atoms with Gasteiger partial charge in [0.2, 0.25) is 4.49 Å². The van der Waals surface area contributed by atoms with Crippen molar-refractivity contribution < 1.29 is 22.8 Å². The van der Waals surface area contributed by atoms with Gasteiger partial charge in [0.1, 0.15) is 0 Å². The van der Waals surface area contributed by atoms with Gasteiger partial charge in [-0.05, 0) is 43.3 Å². The number of carbonyl (C=O) groups is 1. The summed E-state index contributed by atoms with van der Waals surface area (Å²) >= 11 is 0.625. The zero-order valence-corrected chi connectivity index (χ0v) is 16.3. The Hall–Kier alpha value is -1.84. The van der Waals surface area contributed by atoms with Crippen LogP contribution < -0.4 is 0 Å². The summed E-state index contributed by atoms with van der Waals surface area (Å²) < 4.78 is 27.7. The van der Waals surface area contributed by atoms with Gasteiger partial charge in [0.05, 0.1) is 25.5 Å². The van der Waals surface area contributed by atoms with Gasteiger partial charge in [-0.15, -0.1) is 0 Å². The van der Waals surface area contributed by atoms with E-state index in [0.717, 1.165) is 5.56 Å². The molecule has 0 amide bonds. The molecule has 138 valence electrons. The number of benzene rings is 1. The Kier molecular flexibility index (Phi) is 7.24. The highest BCUT2D eigenvalue weighted by Crippen LogP contribution is 2.66. The monoisotopic (exact) mass is 393 g/mol. The van der Waals surface area contributed by atoms with Gasteiger partial charge in [0, 0.05) is 6.42 Å². The minimum absolute atomic E-state index is 0.0265. The lowest BCUT2D eigenvalue weighted by molar-refractivity contribution is 0.106. The Morgan fingerprint density at radius 3 is 2.35 bits per heavy atom. The second-order valence-electron chi connectivity index (χ2n) is 5.26. The van der Waals surface area contributed by atoms with Crippen molar-refractivity contribution in [2.24, 2.45) is 0 Å². The van der Waals surface area contributed by atoms with Crippen molar-refractivity contribution in [3.63, 3.8) is 0 Å². The van der Waals surface area contributed by atoms with Crippen molar-refractivity contribution in [1.29, 1.82) is 5.26 Å². The van der Waals surface area contributed by atoms with Crippen LogP contribution in [0.4, 0.5) is 0 Å². The molecule has 2 rings (SSSR count). The first-order chi connectivity index (χ1) is 12.5. The first-order valence-corrected chi connectivity index (χ1v) is 10.5. The van der Waals surface area contributed by atoms with Crippen LogP contribution in [0.3, 0.4) is 0 Å². The van der Waals surface area contributed by atoms with Crippen LogP contribution in [0.1, 0.15) is 30.0 Å². The Bertz CT molecular complexity index is 793. The number of nitrogens with zero attached hydrogens (tertiary/aromatic N) is 1. The molecule has 0 unspecified atom stereocenters. The van der Waals surface area contributed by atoms with Crippen molar-refractivity contribution in [3.8, 4) is 6.07 Å². The smallest absolute Gasteiger partial charge is 0.361 e. The van der Waals surface area contributed by atoms with Crippen molar-refractivity contribution >= 4 is 24.5 Å². The van der Waals surface area contributed by atoms with E-state index < -0.39 is 17.2 Å². The van der Waals surface area contributed by atoms with Gasteiger partial charge in [-0.1, -0.05) is 30.3 Å². The number of carbonyl (C=O) groups excluding carboxylic acids is 1. The van der Waals surface area contributed by atoms with Gasteiger partial charge in [-0.2, -0.15) is 5.26 Å². The summed E-state index contributed by atoms with van der Waals surface area (Å²) in [5, 5.41) is 9.48. The van der Waals surface area contributed by atoms with Crippen LogP contribution in [0, 0.1) is 11.3 Å². The largest absolute Gasteiger partial charge is 0.460 e. The molecule has 6 nitrogen and oxygen atoms in total. The van der Waals surface area contributed by atoms with Gasteiger partial charge >= 0.3 is 7.60 Å². The SMILES string of the molecule is CCOP(=O)(OCC)[C@](C#N)(Cc1ccccc1)SC(=O)c1ccco1. The van der Waals surface area contributed by atoms with E-state index in [9.17, 15) is 14.6 Å². The van der Waals surface area contributed by atoms with E-state index >= 15 is 0 Å². The molecule has 0 fully saturated rings. The maximum atomic E-state index is 13.5. The van der Waals surface area contributed by atoms with Gasteiger partial charge in [0.15, 0.2) is 5.76 Å². The molecule has 1 aromatic carbocycles. The van der Waals surface area contributed by atoms with Crippen molar-refractivity contribution in [2.75, 3.05) is 13.2 Å². The number of hydrogen-bond donors (Lipinski definition) is 0. The minimum atomic E-state index is -3.94. The summed E-state index contributed by atoms with van der Waals surface area (Å²) in [6.07, 6.45) is 1.39. The summed E-state index contributed by atoms with van der Waals surface area (Å²) in [7, 11) is -3.94. The van der Waals surface area contributed by atoms with Crippen LogP contribution in [-0.2, 0) is 20.0 Å². The average Bonchev–Trinajstić information content (AvgIpc) is 3.17. The van der Waals surface area contributed by atoms with E-state index in [1.165, 1.54) is 12.3 Å². The summed E-state index contributed by atoms with van der Waals surface area (Å²) in [6, 6.07) is 14.2. The predicted octanol–water partition coefficient (Wildman–Crippen LogP) is 4.88. The van der Waals surface area contributed by atoms with E-state index in [4.69, 9.17) is 13.5 Å². The van der Waals surface area contributed by atoms with Gasteiger partial charge in [0.25, 0.3) is 5.12 Å². The van der Waals surface area contributed by atoms with Crippen LogP contribution in [0.2, 0.25) is 0 Å². The third-order valence-electron chi connectivity index (χ3n) is 3.49. The number of hydrogen-bond acceptors (Lipinski definition) is 7. The topological polar surface area (TPSA) is 89.5 Å². The Morgan fingerprint density at radius 2 is 1.85 bits per heavy atom. The lowest BCUT2D eigenvalue weighted by Gasteiger charge is -2.32. The highest BCUT2D eigenvalue weighted by atomic mass is 32.2. The molecule has 0 N–H and O–H groups in total. The van der Waals surface area contributed by atoms with Gasteiger partial charge in [-0.25, -0.2) is 0 Å². The zero-order valence-electron chi connectivity index (χ0n) is 14.6. The molecular weight excluding hydrogens is 373 g/mol. The van der Waals surface area contributed by atoms with Crippen LogP contribution >= 0.6 is 19.4 Å². The van der Waals surface area contributed by atoms with E-state index in [1.54, 1.807) is 32.0 Å². The van der Waals surface area contributed by atoms with E-state index in [2.05, 4.69) is 6.07 Å². The summed E-state index contributed by atoms with van der Waals surface area (Å²) in [4.78, 5) is 12.6. The maximum Gasteiger partial charge on any atom is 0.361 e. The highest BCUT2D eigenvalue weighted by molar-refractivity contribution is 8.19. The van der Waals surface area contributed by atoms with E-state index in [-0.39, 0.29) is 25.4 Å². The summed E-state index contributed by atoms with van der Waals surface area (Å²) in [5.74, 6) is 0.0715. The van der Waals surface area contributed by atoms with Crippen molar-refractivity contribution in [2.45, 2.75) is 24.8 Å². The molecule has 2 aromatic rings. The lowest BCUT2D eigenvalue weighted by atomic mass is 10.1. The molecule has 0 aliphatic rings. The van der Waals surface area contributed by atoms with Crippen molar-refractivity contribution in [1.82, 2.24) is 0 Å². The lowest BCUT2D eigenvalue weighted by Crippen LogP contribution is -2.30. The van der Waals surface area contributed by atoms with Crippen LogP contribution in [0.15, 0.2) is 53.1 Å². The molecule has 0 saturated heterocycles. The van der Waals surface area contributed by atoms with Gasteiger partial charge in [-0.3, -0.25) is 9.36 Å². The maximum absolute atomic E-state index is 13.5. The molecule has 1 aromatic heterocycles. The number of thioether (sulfide) groups is 1. The fourth-order valence-corrected chi connectivity index (χ4v) is 5.86. The molecule has 0 aliphatic carbocycles. The highest BCUT2D eigenvalue weighted by Gasteiger charge is 2.54. The molecule has 0 spiro atoms. The molecule has 26 heavy (non-hydrogen) atoms. The number of furan rings is 1. The molecule has 0 saturated carbocycles. The third-order valence-corrected chi connectivity index (χ3v) is 7.73. The fourth-order valence-electron chi connectivity index (χ4n) is 2.37. The predicted molar refractivity (Wildman–Crippen MR) is 100.0 cm³/mol. The third kappa shape index (κ3) is 4.46. The van der Waals surface area contributed by atoms with Crippen LogP contribution in [0.25, 0.3) is 0 Å². The minimum Gasteiger partial charge on any atom is -0.460 e. The molecular formula is C18H20NO5PS. The summed E-state index contributed by atoms with van der Waals surface area (Å²) in [5.41, 5.74) is 0.744. The first kappa shape index (κ1) is 20.5. The normalized spacial score (nSPS) is 13.7. The molecule has 0 radical (unpaired) electrons. The van der Waals surface area contributed by atoms with Crippen molar-refractivity contribution in [3.05, 3.63) is 60.1 Å². The van der Waals surface area contributed by atoms with Gasteiger partial charge < -0.3 is 13.5 Å². The van der Waals surface area contributed by atoms with Crippen LogP contribution in [0.5, 0.6) is 0 Å². The zero-order chi connectivity index (χ0) is 19.0. The molecule has 1 atom stereocenters. The Morgan fingerprint density at radius 1 is 1.19 bits per heavy atom. The van der Waals surface area contributed by atoms with E-state index in [1.807, 2.05) is 18.2 Å². The fraction of sp³-hybridized carbons (Fsp3) is 0.333. The quantitative estimate of drug-likeness (QED) is 0.561. The Balaban J connectivity index is 2.48.